The normalized spacial score (nSPS) is 15.7. The number of benzene rings is 5. The predicted molar refractivity (Wildman–Crippen MR) is 239 cm³/mol. The molecule has 58 heavy (non-hydrogen) atoms. The molecule has 0 aliphatic heterocycles. The molecule has 1 unspecified atom stereocenters. The Kier molecular flexibility index (Phi) is 9.50. The third kappa shape index (κ3) is 7.01. The van der Waals surface area contributed by atoms with Gasteiger partial charge < -0.3 is 0 Å². The Hall–Kier alpha value is -7.30. The molecule has 0 spiro atoms. The molecule has 0 saturated carbocycles. The van der Waals surface area contributed by atoms with E-state index in [9.17, 15) is 0 Å². The van der Waals surface area contributed by atoms with Crippen LogP contribution in [0.1, 0.15) is 30.4 Å². The summed E-state index contributed by atoms with van der Waals surface area (Å²) in [6.07, 6.45) is 23.5. The quantitative estimate of drug-likeness (QED) is 0.155. The molecule has 7 aromatic rings. The number of hydrogen-bond acceptors (Lipinski definition) is 4. The maximum Gasteiger partial charge on any atom is 0.164 e. The van der Waals surface area contributed by atoms with Crippen molar-refractivity contribution in [1.82, 2.24) is 19.9 Å². The summed E-state index contributed by atoms with van der Waals surface area (Å²) in [6, 6.07) is 50.6. The minimum atomic E-state index is 0.389. The average molecular weight is 745 g/mol. The lowest BCUT2D eigenvalue weighted by atomic mass is 9.80. The van der Waals surface area contributed by atoms with Crippen molar-refractivity contribution in [3.8, 4) is 67.8 Å². The van der Waals surface area contributed by atoms with Gasteiger partial charge in [-0.25, -0.2) is 19.9 Å². The number of fused-ring (bicyclic) bond motifs is 1. The average Bonchev–Trinajstić information content (AvgIpc) is 3.32. The molecular formula is C54H40N4. The monoisotopic (exact) mass is 744 g/mol. The highest BCUT2D eigenvalue weighted by Crippen LogP contribution is 2.41. The van der Waals surface area contributed by atoms with E-state index < -0.39 is 0 Å². The third-order valence-electron chi connectivity index (χ3n) is 11.1. The summed E-state index contributed by atoms with van der Waals surface area (Å²) >= 11 is 0. The molecule has 2 heterocycles. The highest BCUT2D eigenvalue weighted by atomic mass is 15.0. The molecule has 1 atom stereocenters. The fourth-order valence-electron chi connectivity index (χ4n) is 8.22. The summed E-state index contributed by atoms with van der Waals surface area (Å²) in [5.74, 6) is 2.30. The van der Waals surface area contributed by atoms with Crippen LogP contribution in [-0.4, -0.2) is 19.9 Å². The molecule has 0 amide bonds. The molecule has 3 aliphatic rings. The number of pyridine rings is 1. The smallest absolute Gasteiger partial charge is 0.164 e. The summed E-state index contributed by atoms with van der Waals surface area (Å²) in [7, 11) is 0. The summed E-state index contributed by atoms with van der Waals surface area (Å²) in [6.45, 7) is 0. The Labute approximate surface area is 339 Å². The molecule has 4 nitrogen and oxygen atoms in total. The molecule has 0 radical (unpaired) electrons. The van der Waals surface area contributed by atoms with E-state index in [1.54, 1.807) is 0 Å². The van der Waals surface area contributed by atoms with Gasteiger partial charge in [-0.1, -0.05) is 182 Å². The van der Waals surface area contributed by atoms with Crippen molar-refractivity contribution in [3.63, 3.8) is 0 Å². The standard InChI is InChI=1S/C54H40N4/c1-4-18-37(19-5-1)43-35-50(55-51(36-43)49-32-15-13-30-47(49)46-33-17-25-38-20-10-11-28-44(38)46)48-31-14-12-29-45(48)41-26-16-27-42(34-41)54-57-52(39-21-6-2-7-22-39)56-53(58-54)40-23-8-3-9-24-40/h2-4,6-24,26-36,38H,1,5,25H2. The summed E-state index contributed by atoms with van der Waals surface area (Å²) in [4.78, 5) is 20.5. The van der Waals surface area contributed by atoms with Crippen LogP contribution in [0.3, 0.4) is 0 Å². The number of nitrogens with zero attached hydrogens (tertiary/aromatic N) is 4. The van der Waals surface area contributed by atoms with Crippen LogP contribution in [0.4, 0.5) is 0 Å². The van der Waals surface area contributed by atoms with Crippen molar-refractivity contribution in [2.45, 2.75) is 19.3 Å². The van der Waals surface area contributed by atoms with Gasteiger partial charge in [-0.2, -0.15) is 0 Å². The van der Waals surface area contributed by atoms with E-state index in [-0.39, 0.29) is 0 Å². The summed E-state index contributed by atoms with van der Waals surface area (Å²) in [5, 5.41) is 0. The zero-order chi connectivity index (χ0) is 38.7. The summed E-state index contributed by atoms with van der Waals surface area (Å²) < 4.78 is 0. The minimum Gasteiger partial charge on any atom is -0.248 e. The molecule has 0 bridgehead atoms. The van der Waals surface area contributed by atoms with Crippen LogP contribution in [0.5, 0.6) is 0 Å². The fraction of sp³-hybridized carbons (Fsp3) is 0.0741. The van der Waals surface area contributed by atoms with E-state index in [4.69, 9.17) is 19.9 Å². The first-order chi connectivity index (χ1) is 28.7. The van der Waals surface area contributed by atoms with Gasteiger partial charge in [0.1, 0.15) is 0 Å². The molecule has 0 saturated heterocycles. The third-order valence-corrected chi connectivity index (χ3v) is 11.1. The van der Waals surface area contributed by atoms with Crippen LogP contribution in [0.25, 0.3) is 79.0 Å². The molecule has 3 aliphatic carbocycles. The van der Waals surface area contributed by atoms with E-state index in [2.05, 4.69) is 140 Å². The molecule has 0 fully saturated rings. The van der Waals surface area contributed by atoms with Gasteiger partial charge in [0.05, 0.1) is 11.4 Å². The van der Waals surface area contributed by atoms with Crippen molar-refractivity contribution in [1.29, 1.82) is 0 Å². The molecule has 10 rings (SSSR count). The Bertz CT molecular complexity index is 2800. The van der Waals surface area contributed by atoms with E-state index >= 15 is 0 Å². The van der Waals surface area contributed by atoms with Gasteiger partial charge in [0.15, 0.2) is 17.5 Å². The van der Waals surface area contributed by atoms with Gasteiger partial charge in [-0.05, 0) is 76.4 Å². The van der Waals surface area contributed by atoms with Crippen LogP contribution in [-0.2, 0) is 0 Å². The van der Waals surface area contributed by atoms with Crippen LogP contribution in [0.15, 0.2) is 206 Å². The van der Waals surface area contributed by atoms with Gasteiger partial charge in [-0.15, -0.1) is 0 Å². The second-order valence-electron chi connectivity index (χ2n) is 14.8. The van der Waals surface area contributed by atoms with E-state index in [0.717, 1.165) is 75.2 Å². The Balaban J connectivity index is 1.11. The first-order valence-corrected chi connectivity index (χ1v) is 20.1. The maximum absolute atomic E-state index is 5.52. The van der Waals surface area contributed by atoms with Gasteiger partial charge >= 0.3 is 0 Å². The summed E-state index contributed by atoms with van der Waals surface area (Å²) in [5.41, 5.74) is 15.2. The number of hydrogen-bond donors (Lipinski definition) is 0. The van der Waals surface area contributed by atoms with Crippen molar-refractivity contribution in [2.24, 2.45) is 5.92 Å². The molecule has 276 valence electrons. The molecule has 2 aromatic heterocycles. The number of allylic oxidation sites excluding steroid dienone is 12. The lowest BCUT2D eigenvalue weighted by molar-refractivity contribution is 0.784. The largest absolute Gasteiger partial charge is 0.248 e. The van der Waals surface area contributed by atoms with Gasteiger partial charge in [0, 0.05) is 33.7 Å². The first kappa shape index (κ1) is 35.1. The van der Waals surface area contributed by atoms with Crippen LogP contribution >= 0.6 is 0 Å². The molecule has 4 heteroatoms. The van der Waals surface area contributed by atoms with Gasteiger partial charge in [-0.3, -0.25) is 0 Å². The van der Waals surface area contributed by atoms with Gasteiger partial charge in [0.2, 0.25) is 0 Å². The van der Waals surface area contributed by atoms with Crippen LogP contribution < -0.4 is 0 Å². The Morgan fingerprint density at radius 2 is 1.00 bits per heavy atom. The lowest BCUT2D eigenvalue weighted by Crippen LogP contribution is -2.07. The van der Waals surface area contributed by atoms with Crippen LogP contribution in [0.2, 0.25) is 0 Å². The maximum atomic E-state index is 5.52. The fourth-order valence-corrected chi connectivity index (χ4v) is 8.22. The van der Waals surface area contributed by atoms with Gasteiger partial charge in [0.25, 0.3) is 0 Å². The topological polar surface area (TPSA) is 51.6 Å². The molecule has 5 aromatic carbocycles. The van der Waals surface area contributed by atoms with E-state index in [1.807, 2.05) is 60.7 Å². The molecule has 0 N–H and O–H groups in total. The highest BCUT2D eigenvalue weighted by Gasteiger charge is 2.22. The predicted octanol–water partition coefficient (Wildman–Crippen LogP) is 13.5. The zero-order valence-corrected chi connectivity index (χ0v) is 32.0. The van der Waals surface area contributed by atoms with Crippen molar-refractivity contribution in [2.75, 3.05) is 0 Å². The second-order valence-corrected chi connectivity index (χ2v) is 14.8. The lowest BCUT2D eigenvalue weighted by Gasteiger charge is -2.24. The SMILES string of the molecule is C1=CC2=C(c3ccccc3-c3cc(C4=CCCC=C4)cc(-c4ccccc4-c4cccc(-c5nc(-c6ccccc6)nc(-c6ccccc6)n5)c4)n3)C=CCC2C=C1. The Morgan fingerprint density at radius 1 is 0.414 bits per heavy atom. The van der Waals surface area contributed by atoms with Crippen LogP contribution in [0, 0.1) is 5.92 Å². The zero-order valence-electron chi connectivity index (χ0n) is 32.0. The Morgan fingerprint density at radius 3 is 1.67 bits per heavy atom. The van der Waals surface area contributed by atoms with Crippen molar-refractivity contribution in [3.05, 3.63) is 217 Å². The molecular weight excluding hydrogens is 705 g/mol. The van der Waals surface area contributed by atoms with E-state index in [0.29, 0.717) is 23.4 Å². The number of aromatic nitrogens is 4. The van der Waals surface area contributed by atoms with Crippen molar-refractivity contribution < 1.29 is 0 Å². The van der Waals surface area contributed by atoms with E-state index in [1.165, 1.54) is 22.3 Å². The minimum absolute atomic E-state index is 0.389. The second kappa shape index (κ2) is 15.7. The first-order valence-electron chi connectivity index (χ1n) is 20.1. The highest BCUT2D eigenvalue weighted by molar-refractivity contribution is 5.91. The number of rotatable bonds is 8. The van der Waals surface area contributed by atoms with Crippen molar-refractivity contribution >= 4 is 11.1 Å².